The quantitative estimate of drug-likeness (QED) is 0.838. The van der Waals surface area contributed by atoms with Crippen LogP contribution in [0.3, 0.4) is 0 Å². The van der Waals surface area contributed by atoms with Crippen LogP contribution >= 0.6 is 24.8 Å². The van der Waals surface area contributed by atoms with Gasteiger partial charge >= 0.3 is 0 Å². The van der Waals surface area contributed by atoms with Crippen molar-refractivity contribution in [3.63, 3.8) is 0 Å². The number of nitrogens with zero attached hydrogens (tertiary/aromatic N) is 3. The lowest BCUT2D eigenvalue weighted by molar-refractivity contribution is -0.124. The van der Waals surface area contributed by atoms with Gasteiger partial charge < -0.3 is 16.0 Å². The van der Waals surface area contributed by atoms with Crippen molar-refractivity contribution in [2.45, 2.75) is 38.8 Å². The van der Waals surface area contributed by atoms with Gasteiger partial charge in [-0.05, 0) is 31.9 Å². The fourth-order valence-electron chi connectivity index (χ4n) is 2.41. The molecular weight excluding hydrogens is 325 g/mol. The fraction of sp³-hybridized carbons (Fsp3) is 0.643. The Morgan fingerprint density at radius 2 is 2.23 bits per heavy atom. The van der Waals surface area contributed by atoms with E-state index in [2.05, 4.69) is 20.4 Å². The van der Waals surface area contributed by atoms with E-state index < -0.39 is 0 Å². The first kappa shape index (κ1) is 20.9. The Morgan fingerprint density at radius 3 is 2.82 bits per heavy atom. The third-order valence-electron chi connectivity index (χ3n) is 3.94. The molecule has 1 aliphatic heterocycles. The zero-order valence-corrected chi connectivity index (χ0v) is 14.6. The van der Waals surface area contributed by atoms with Crippen LogP contribution in [0.1, 0.15) is 26.7 Å². The van der Waals surface area contributed by atoms with Gasteiger partial charge in [-0.25, -0.2) is 0 Å². The van der Waals surface area contributed by atoms with Crippen LogP contribution in [0, 0.1) is 5.92 Å². The van der Waals surface area contributed by atoms with E-state index in [0.717, 1.165) is 25.2 Å². The van der Waals surface area contributed by atoms with Gasteiger partial charge in [-0.2, -0.15) is 5.10 Å². The van der Waals surface area contributed by atoms with Gasteiger partial charge in [-0.1, -0.05) is 6.92 Å². The van der Waals surface area contributed by atoms with Gasteiger partial charge in [0.2, 0.25) is 5.91 Å². The molecule has 1 aromatic rings. The SMILES string of the molecule is CC(N)C(C)C(=O)NCC1CCCN1c1cccnn1.Cl.Cl. The Bertz CT molecular complexity index is 446. The first-order valence-electron chi connectivity index (χ1n) is 7.17. The molecule has 1 amide bonds. The molecule has 0 aromatic carbocycles. The average molecular weight is 350 g/mol. The van der Waals surface area contributed by atoms with Crippen molar-refractivity contribution in [2.75, 3.05) is 18.0 Å². The van der Waals surface area contributed by atoms with Crippen LogP contribution in [0.15, 0.2) is 18.3 Å². The molecule has 1 fully saturated rings. The fourth-order valence-corrected chi connectivity index (χ4v) is 2.41. The molecule has 0 radical (unpaired) electrons. The van der Waals surface area contributed by atoms with E-state index in [1.54, 1.807) is 6.20 Å². The lowest BCUT2D eigenvalue weighted by Crippen LogP contribution is -2.45. The molecule has 3 atom stereocenters. The number of rotatable bonds is 5. The Labute approximate surface area is 144 Å². The lowest BCUT2D eigenvalue weighted by atomic mass is 10.0. The summed E-state index contributed by atoms with van der Waals surface area (Å²) >= 11 is 0. The van der Waals surface area contributed by atoms with Crippen LogP contribution in [0.25, 0.3) is 0 Å². The number of amides is 1. The molecule has 0 bridgehead atoms. The zero-order chi connectivity index (χ0) is 14.5. The van der Waals surface area contributed by atoms with Gasteiger partial charge in [0.1, 0.15) is 0 Å². The molecule has 6 nitrogen and oxygen atoms in total. The molecule has 1 aromatic heterocycles. The highest BCUT2D eigenvalue weighted by molar-refractivity contribution is 5.85. The summed E-state index contributed by atoms with van der Waals surface area (Å²) in [4.78, 5) is 14.2. The van der Waals surface area contributed by atoms with Crippen molar-refractivity contribution in [1.29, 1.82) is 0 Å². The summed E-state index contributed by atoms with van der Waals surface area (Å²) in [5.74, 6) is 0.733. The number of hydrogen-bond acceptors (Lipinski definition) is 5. The molecule has 0 saturated carbocycles. The van der Waals surface area contributed by atoms with Crippen molar-refractivity contribution in [3.05, 3.63) is 18.3 Å². The van der Waals surface area contributed by atoms with Crippen molar-refractivity contribution in [2.24, 2.45) is 11.7 Å². The van der Waals surface area contributed by atoms with Crippen LogP contribution in [0.5, 0.6) is 0 Å². The van der Waals surface area contributed by atoms with Gasteiger partial charge in [-0.3, -0.25) is 4.79 Å². The Hall–Kier alpha value is -1.11. The summed E-state index contributed by atoms with van der Waals surface area (Å²) in [5, 5.41) is 11.1. The number of carbonyl (C=O) groups is 1. The van der Waals surface area contributed by atoms with Crippen LogP contribution < -0.4 is 16.0 Å². The summed E-state index contributed by atoms with van der Waals surface area (Å²) in [7, 11) is 0. The zero-order valence-electron chi connectivity index (χ0n) is 12.9. The van der Waals surface area contributed by atoms with Gasteiger partial charge in [0, 0.05) is 37.3 Å². The van der Waals surface area contributed by atoms with Gasteiger partial charge in [0.25, 0.3) is 0 Å². The van der Waals surface area contributed by atoms with Crippen molar-refractivity contribution in [1.82, 2.24) is 15.5 Å². The minimum absolute atomic E-state index is 0. The minimum Gasteiger partial charge on any atom is -0.354 e. The van der Waals surface area contributed by atoms with Crippen molar-refractivity contribution in [3.8, 4) is 0 Å². The second kappa shape index (κ2) is 9.82. The summed E-state index contributed by atoms with van der Waals surface area (Å²) < 4.78 is 0. The first-order chi connectivity index (χ1) is 9.59. The standard InChI is InChI=1S/C14H23N5O.2ClH/c1-10(11(2)15)14(20)16-9-12-5-4-8-19(12)13-6-3-7-17-18-13;;/h3,6-7,10-12H,4-5,8-9,15H2,1-2H3,(H,16,20);2*1H. The molecule has 0 aliphatic carbocycles. The van der Waals surface area contributed by atoms with Crippen LogP contribution in [-0.4, -0.2) is 41.3 Å². The summed E-state index contributed by atoms with van der Waals surface area (Å²) in [6.07, 6.45) is 3.84. The molecule has 8 heteroatoms. The highest BCUT2D eigenvalue weighted by Crippen LogP contribution is 2.22. The molecule has 1 saturated heterocycles. The highest BCUT2D eigenvalue weighted by atomic mass is 35.5. The summed E-state index contributed by atoms with van der Waals surface area (Å²) in [6.45, 7) is 5.30. The average Bonchev–Trinajstić information content (AvgIpc) is 2.93. The van der Waals surface area contributed by atoms with Crippen LogP contribution in [0.2, 0.25) is 0 Å². The molecule has 2 rings (SSSR count). The Balaban J connectivity index is 0.00000220. The maximum Gasteiger partial charge on any atom is 0.224 e. The van der Waals surface area contributed by atoms with Gasteiger partial charge in [-0.15, -0.1) is 29.9 Å². The molecular formula is C14H25Cl2N5O. The number of nitrogens with one attached hydrogen (secondary N) is 1. The predicted molar refractivity (Wildman–Crippen MR) is 92.7 cm³/mol. The number of aromatic nitrogens is 2. The van der Waals surface area contributed by atoms with Gasteiger partial charge in [0.05, 0.1) is 0 Å². The smallest absolute Gasteiger partial charge is 0.224 e. The second-order valence-electron chi connectivity index (χ2n) is 5.46. The molecule has 0 spiro atoms. The number of halogens is 2. The third-order valence-corrected chi connectivity index (χ3v) is 3.94. The van der Waals surface area contributed by atoms with Crippen LogP contribution in [-0.2, 0) is 4.79 Å². The van der Waals surface area contributed by atoms with Crippen LogP contribution in [0.4, 0.5) is 5.82 Å². The number of carbonyl (C=O) groups excluding carboxylic acids is 1. The predicted octanol–water partition coefficient (Wildman–Crippen LogP) is 1.39. The number of anilines is 1. The van der Waals surface area contributed by atoms with E-state index in [4.69, 9.17) is 5.73 Å². The summed E-state index contributed by atoms with van der Waals surface area (Å²) in [6, 6.07) is 4.00. The first-order valence-corrected chi connectivity index (χ1v) is 7.17. The number of hydrogen-bond donors (Lipinski definition) is 2. The molecule has 22 heavy (non-hydrogen) atoms. The normalized spacial score (nSPS) is 19.6. The largest absolute Gasteiger partial charge is 0.354 e. The van der Waals surface area contributed by atoms with Crippen molar-refractivity contribution < 1.29 is 4.79 Å². The van der Waals surface area contributed by atoms with E-state index in [0.29, 0.717) is 6.54 Å². The summed E-state index contributed by atoms with van der Waals surface area (Å²) in [5.41, 5.74) is 5.75. The van der Waals surface area contributed by atoms with E-state index in [1.165, 1.54) is 0 Å². The molecule has 3 unspecified atom stereocenters. The maximum absolute atomic E-state index is 11.9. The molecule has 3 N–H and O–H groups in total. The second-order valence-corrected chi connectivity index (χ2v) is 5.46. The monoisotopic (exact) mass is 349 g/mol. The van der Waals surface area contributed by atoms with E-state index >= 15 is 0 Å². The lowest BCUT2D eigenvalue weighted by Gasteiger charge is -2.26. The van der Waals surface area contributed by atoms with E-state index in [-0.39, 0.29) is 48.7 Å². The third kappa shape index (κ3) is 5.26. The topological polar surface area (TPSA) is 84.1 Å². The Morgan fingerprint density at radius 1 is 1.50 bits per heavy atom. The molecule has 1 aliphatic rings. The Kier molecular flexibility index (Phi) is 9.32. The minimum atomic E-state index is -0.165. The molecule has 2 heterocycles. The maximum atomic E-state index is 11.9. The van der Waals surface area contributed by atoms with Gasteiger partial charge in [0.15, 0.2) is 5.82 Å². The highest BCUT2D eigenvalue weighted by Gasteiger charge is 2.27. The number of nitrogens with two attached hydrogens (primary N) is 1. The van der Waals surface area contributed by atoms with E-state index in [1.807, 2.05) is 26.0 Å². The van der Waals surface area contributed by atoms with Crippen molar-refractivity contribution >= 4 is 36.5 Å². The molecule has 126 valence electrons. The van der Waals surface area contributed by atoms with E-state index in [9.17, 15) is 4.79 Å².